The Bertz CT molecular complexity index is 1180. The third kappa shape index (κ3) is 4.16. The average molecular weight is 451 g/mol. The second kappa shape index (κ2) is 9.08. The van der Waals surface area contributed by atoms with Crippen LogP contribution < -0.4 is 9.64 Å². The number of hydrogen-bond donors (Lipinski definition) is 0. The third-order valence-electron chi connectivity index (χ3n) is 5.31. The summed E-state index contributed by atoms with van der Waals surface area (Å²) in [7, 11) is 1.58. The number of hydrogen-bond acceptors (Lipinski definition) is 7. The first-order valence-corrected chi connectivity index (χ1v) is 11.8. The van der Waals surface area contributed by atoms with Crippen molar-refractivity contribution < 1.29 is 9.53 Å². The first-order valence-electron chi connectivity index (χ1n) is 9.96. The monoisotopic (exact) mass is 450 g/mol. The Kier molecular flexibility index (Phi) is 6.25. The number of thioether (sulfide) groups is 1. The third-order valence-corrected chi connectivity index (χ3v) is 7.19. The molecule has 0 unspecified atom stereocenters. The Balaban J connectivity index is 1.58. The smallest absolute Gasteiger partial charge is 0.230 e. The topological polar surface area (TPSA) is 79.1 Å². The van der Waals surface area contributed by atoms with Gasteiger partial charge in [-0.3, -0.25) is 9.69 Å². The minimum Gasteiger partial charge on any atom is -0.495 e. The second-order valence-electron chi connectivity index (χ2n) is 7.24. The van der Waals surface area contributed by atoms with Gasteiger partial charge in [0.2, 0.25) is 5.91 Å². The number of amides is 1. The number of nitrogens with zero attached hydrogens (tertiary/aromatic N) is 4. The molecule has 2 heterocycles. The van der Waals surface area contributed by atoms with Gasteiger partial charge in [-0.25, -0.2) is 9.97 Å². The van der Waals surface area contributed by atoms with Crippen molar-refractivity contribution in [1.29, 1.82) is 5.26 Å². The van der Waals surface area contributed by atoms with Crippen LogP contribution in [0.3, 0.4) is 0 Å². The Morgan fingerprint density at radius 3 is 2.87 bits per heavy atom. The number of fused-ring (bicyclic) bond motifs is 1. The lowest BCUT2D eigenvalue weighted by Gasteiger charge is -2.20. The van der Waals surface area contributed by atoms with Crippen LogP contribution in [0.15, 0.2) is 34.7 Å². The van der Waals surface area contributed by atoms with E-state index in [9.17, 15) is 10.1 Å². The normalized spacial score (nSPS) is 12.3. The predicted molar refractivity (Wildman–Crippen MR) is 123 cm³/mol. The predicted octanol–water partition coefficient (Wildman–Crippen LogP) is 5.19. The maximum atomic E-state index is 12.4. The molecule has 0 spiro atoms. The number of aryl methyl sites for hydroxylation is 1. The molecular weight excluding hydrogens is 428 g/mol. The molecule has 1 aliphatic carbocycles. The first-order chi connectivity index (χ1) is 15.0. The molecule has 3 aromatic rings. The van der Waals surface area contributed by atoms with Crippen molar-refractivity contribution in [2.75, 3.05) is 12.0 Å². The number of nitriles is 1. The van der Waals surface area contributed by atoms with E-state index in [1.807, 2.05) is 36.6 Å². The lowest BCUT2D eigenvalue weighted by molar-refractivity contribution is -0.115. The quantitative estimate of drug-likeness (QED) is 0.481. The fraction of sp³-hybridized carbons (Fsp3) is 0.304. The minimum atomic E-state index is -0.138. The van der Waals surface area contributed by atoms with Gasteiger partial charge in [0.1, 0.15) is 16.8 Å². The molecule has 0 bridgehead atoms. The van der Waals surface area contributed by atoms with E-state index < -0.39 is 0 Å². The van der Waals surface area contributed by atoms with Crippen LogP contribution in [0.4, 0.5) is 10.8 Å². The van der Waals surface area contributed by atoms with E-state index in [1.54, 1.807) is 12.0 Å². The van der Waals surface area contributed by atoms with Crippen molar-refractivity contribution in [2.45, 2.75) is 43.9 Å². The van der Waals surface area contributed by atoms with Gasteiger partial charge in [0, 0.05) is 23.8 Å². The molecule has 8 heteroatoms. The lowest BCUT2D eigenvalue weighted by Crippen LogP contribution is -2.23. The van der Waals surface area contributed by atoms with Crippen molar-refractivity contribution in [1.82, 2.24) is 9.97 Å². The van der Waals surface area contributed by atoms with Crippen molar-refractivity contribution in [3.05, 3.63) is 57.7 Å². The molecule has 0 fully saturated rings. The minimum absolute atomic E-state index is 0.138. The summed E-state index contributed by atoms with van der Waals surface area (Å²) in [6.07, 6.45) is 3.08. The van der Waals surface area contributed by atoms with Crippen LogP contribution >= 0.6 is 23.1 Å². The summed E-state index contributed by atoms with van der Waals surface area (Å²) in [6.45, 7) is 3.53. The van der Waals surface area contributed by atoms with E-state index >= 15 is 0 Å². The molecule has 1 aliphatic rings. The average Bonchev–Trinajstić information content (AvgIpc) is 3.42. The molecule has 1 amide bonds. The van der Waals surface area contributed by atoms with E-state index in [1.165, 1.54) is 35.6 Å². The number of benzene rings is 1. The van der Waals surface area contributed by atoms with Gasteiger partial charge in [0.15, 0.2) is 5.13 Å². The summed E-state index contributed by atoms with van der Waals surface area (Å²) < 4.78 is 5.42. The van der Waals surface area contributed by atoms with Crippen LogP contribution in [-0.2, 0) is 23.4 Å². The number of aromatic nitrogens is 2. The largest absolute Gasteiger partial charge is 0.495 e. The van der Waals surface area contributed by atoms with Gasteiger partial charge in [-0.2, -0.15) is 5.26 Å². The zero-order valence-electron chi connectivity index (χ0n) is 17.6. The molecule has 0 saturated carbocycles. The Labute approximate surface area is 189 Å². The van der Waals surface area contributed by atoms with Gasteiger partial charge >= 0.3 is 0 Å². The number of carbonyl (C=O) groups is 1. The van der Waals surface area contributed by atoms with E-state index in [0.29, 0.717) is 27.9 Å². The molecule has 0 atom stereocenters. The molecule has 2 aromatic heterocycles. The highest BCUT2D eigenvalue weighted by Gasteiger charge is 2.23. The zero-order valence-corrected chi connectivity index (χ0v) is 19.3. The molecule has 4 rings (SSSR count). The fourth-order valence-electron chi connectivity index (χ4n) is 3.81. The van der Waals surface area contributed by atoms with E-state index in [2.05, 4.69) is 11.1 Å². The van der Waals surface area contributed by atoms with Crippen LogP contribution in [0.2, 0.25) is 0 Å². The SMILES string of the molecule is COc1ccccc1N(C(C)=O)c1nc(CSc2nc3c(c(C)c2C#N)CCC3)cs1. The van der Waals surface area contributed by atoms with Gasteiger partial charge < -0.3 is 4.74 Å². The summed E-state index contributed by atoms with van der Waals surface area (Å²) in [5.74, 6) is 1.05. The van der Waals surface area contributed by atoms with E-state index in [-0.39, 0.29) is 5.91 Å². The standard InChI is InChI=1S/C23H22N4O2S2/c1-14-17-7-6-8-19(17)26-22(18(14)11-24)30-12-16-13-31-23(25-16)27(15(2)28)20-9-4-5-10-21(20)29-3/h4-5,9-10,13H,6-8,12H2,1-3H3. The summed E-state index contributed by atoms with van der Waals surface area (Å²) in [5.41, 5.74) is 5.59. The Morgan fingerprint density at radius 2 is 2.13 bits per heavy atom. The number of pyridine rings is 1. The van der Waals surface area contributed by atoms with Crippen LogP contribution in [0.1, 0.15) is 41.4 Å². The zero-order chi connectivity index (χ0) is 22.0. The summed E-state index contributed by atoms with van der Waals surface area (Å²) in [5, 5.41) is 13.0. The highest BCUT2D eigenvalue weighted by atomic mass is 32.2. The number of rotatable bonds is 6. The number of ether oxygens (including phenoxy) is 1. The van der Waals surface area contributed by atoms with Crippen LogP contribution in [0.25, 0.3) is 0 Å². The molecule has 0 aliphatic heterocycles. The molecule has 0 N–H and O–H groups in total. The fourth-order valence-corrected chi connectivity index (χ4v) is 5.75. The molecule has 0 saturated heterocycles. The summed E-state index contributed by atoms with van der Waals surface area (Å²) >= 11 is 2.93. The van der Waals surface area contributed by atoms with Gasteiger partial charge in [-0.15, -0.1) is 11.3 Å². The van der Waals surface area contributed by atoms with Crippen molar-refractivity contribution in [3.63, 3.8) is 0 Å². The first kappa shape index (κ1) is 21.3. The summed E-state index contributed by atoms with van der Waals surface area (Å²) in [4.78, 5) is 23.4. The molecule has 6 nitrogen and oxygen atoms in total. The summed E-state index contributed by atoms with van der Waals surface area (Å²) in [6, 6.07) is 9.72. The Morgan fingerprint density at radius 1 is 1.32 bits per heavy atom. The molecule has 0 radical (unpaired) electrons. The van der Waals surface area contributed by atoms with Crippen molar-refractivity contribution >= 4 is 39.8 Å². The molecule has 158 valence electrons. The van der Waals surface area contributed by atoms with Crippen LogP contribution in [-0.4, -0.2) is 23.0 Å². The van der Waals surface area contributed by atoms with Gasteiger partial charge in [-0.05, 0) is 49.4 Å². The van der Waals surface area contributed by atoms with E-state index in [0.717, 1.165) is 41.2 Å². The Hall–Kier alpha value is -2.89. The van der Waals surface area contributed by atoms with Crippen LogP contribution in [0.5, 0.6) is 5.75 Å². The van der Waals surface area contributed by atoms with Gasteiger partial charge in [-0.1, -0.05) is 23.9 Å². The van der Waals surface area contributed by atoms with E-state index in [4.69, 9.17) is 9.72 Å². The number of thiazole rings is 1. The number of carbonyl (C=O) groups excluding carboxylic acids is 1. The molecular formula is C23H22N4O2S2. The van der Waals surface area contributed by atoms with Gasteiger partial charge in [0.05, 0.1) is 24.1 Å². The maximum absolute atomic E-state index is 12.4. The van der Waals surface area contributed by atoms with Gasteiger partial charge in [0.25, 0.3) is 0 Å². The second-order valence-corrected chi connectivity index (χ2v) is 9.04. The lowest BCUT2D eigenvalue weighted by atomic mass is 10.0. The molecule has 1 aromatic carbocycles. The number of anilines is 2. The maximum Gasteiger partial charge on any atom is 0.230 e. The number of methoxy groups -OCH3 is 1. The van der Waals surface area contributed by atoms with Crippen molar-refractivity contribution in [2.24, 2.45) is 0 Å². The van der Waals surface area contributed by atoms with Crippen molar-refractivity contribution in [3.8, 4) is 11.8 Å². The highest BCUT2D eigenvalue weighted by molar-refractivity contribution is 7.98. The highest BCUT2D eigenvalue weighted by Crippen LogP contribution is 2.37. The van der Waals surface area contributed by atoms with Crippen LogP contribution in [0, 0.1) is 18.3 Å². The molecule has 31 heavy (non-hydrogen) atoms. The number of para-hydroxylation sites is 2.